The first-order valence-corrected chi connectivity index (χ1v) is 5.50. The topological polar surface area (TPSA) is 43.7 Å². The molecule has 0 radical (unpaired) electrons. The van der Waals surface area contributed by atoms with Crippen LogP contribution in [0.4, 0.5) is 0 Å². The van der Waals surface area contributed by atoms with Gasteiger partial charge in [0.2, 0.25) is 6.41 Å². The van der Waals surface area contributed by atoms with E-state index in [1.54, 1.807) is 12.4 Å². The van der Waals surface area contributed by atoms with Gasteiger partial charge in [0.25, 0.3) is 0 Å². The number of hydrogen-bond acceptors (Lipinski definition) is 3. The standard InChI is InChI=1S/C14H15NO2/c16-14(17)15-10-8-13(9-11-15)7-6-12-4-2-1-3-5-12/h1-5,7-11,14,16-17H,6H2. The van der Waals surface area contributed by atoms with Crippen LogP contribution in [-0.2, 0) is 6.42 Å². The summed E-state index contributed by atoms with van der Waals surface area (Å²) in [6.45, 7) is 0. The van der Waals surface area contributed by atoms with Crippen molar-refractivity contribution in [3.05, 3.63) is 72.1 Å². The molecule has 0 saturated carbocycles. The molecule has 0 aromatic heterocycles. The molecule has 3 heteroatoms. The van der Waals surface area contributed by atoms with Gasteiger partial charge in [0.15, 0.2) is 0 Å². The fourth-order valence-corrected chi connectivity index (χ4v) is 1.59. The summed E-state index contributed by atoms with van der Waals surface area (Å²) in [7, 11) is 0. The Bertz CT molecular complexity index is 431. The van der Waals surface area contributed by atoms with E-state index in [1.807, 2.05) is 30.4 Å². The maximum Gasteiger partial charge on any atom is 0.238 e. The molecule has 1 aliphatic rings. The number of aliphatic hydroxyl groups excluding tert-OH is 1. The van der Waals surface area contributed by atoms with Crippen LogP contribution in [0.15, 0.2) is 66.5 Å². The van der Waals surface area contributed by atoms with Crippen molar-refractivity contribution in [3.63, 3.8) is 0 Å². The summed E-state index contributed by atoms with van der Waals surface area (Å²) in [5.41, 5.74) is 2.32. The van der Waals surface area contributed by atoms with Crippen molar-refractivity contribution in [1.82, 2.24) is 4.90 Å². The van der Waals surface area contributed by atoms with Gasteiger partial charge in [0.05, 0.1) is 0 Å². The zero-order chi connectivity index (χ0) is 12.1. The number of aliphatic hydroxyl groups is 2. The molecule has 88 valence electrons. The predicted octanol–water partition coefficient (Wildman–Crippen LogP) is 1.77. The molecular formula is C14H15NO2. The highest BCUT2D eigenvalue weighted by atomic mass is 16.5. The first kappa shape index (κ1) is 11.6. The summed E-state index contributed by atoms with van der Waals surface area (Å²) in [5.74, 6) is 0. The van der Waals surface area contributed by atoms with Crippen molar-refractivity contribution in [1.29, 1.82) is 0 Å². The van der Waals surface area contributed by atoms with Crippen LogP contribution in [0.5, 0.6) is 0 Å². The largest absolute Gasteiger partial charge is 0.351 e. The molecule has 2 rings (SSSR count). The minimum absolute atomic E-state index is 0.868. The maximum absolute atomic E-state index is 8.93. The number of allylic oxidation sites excluding steroid dienone is 4. The zero-order valence-corrected chi connectivity index (χ0v) is 9.40. The Balaban J connectivity index is 1.97. The van der Waals surface area contributed by atoms with Crippen LogP contribution in [0.3, 0.4) is 0 Å². The van der Waals surface area contributed by atoms with Crippen LogP contribution in [0, 0.1) is 0 Å². The van der Waals surface area contributed by atoms with E-state index in [2.05, 4.69) is 18.2 Å². The van der Waals surface area contributed by atoms with Crippen LogP contribution in [0.25, 0.3) is 0 Å². The summed E-state index contributed by atoms with van der Waals surface area (Å²) < 4.78 is 0. The first-order chi connectivity index (χ1) is 8.25. The molecule has 17 heavy (non-hydrogen) atoms. The Morgan fingerprint density at radius 1 is 1.06 bits per heavy atom. The fourth-order valence-electron chi connectivity index (χ4n) is 1.59. The van der Waals surface area contributed by atoms with Gasteiger partial charge in [-0.15, -0.1) is 0 Å². The second kappa shape index (κ2) is 5.48. The van der Waals surface area contributed by atoms with Crippen molar-refractivity contribution in [2.24, 2.45) is 0 Å². The molecular weight excluding hydrogens is 214 g/mol. The van der Waals surface area contributed by atoms with E-state index >= 15 is 0 Å². The van der Waals surface area contributed by atoms with Crippen LogP contribution in [0.1, 0.15) is 5.56 Å². The third kappa shape index (κ3) is 3.31. The molecule has 1 heterocycles. The van der Waals surface area contributed by atoms with Crippen LogP contribution >= 0.6 is 0 Å². The Hall–Kier alpha value is -1.84. The Kier molecular flexibility index (Phi) is 3.75. The van der Waals surface area contributed by atoms with Gasteiger partial charge in [0.1, 0.15) is 0 Å². The average Bonchev–Trinajstić information content (AvgIpc) is 2.38. The lowest BCUT2D eigenvalue weighted by Crippen LogP contribution is -2.25. The highest BCUT2D eigenvalue weighted by molar-refractivity contribution is 5.35. The third-order valence-electron chi connectivity index (χ3n) is 2.56. The molecule has 0 atom stereocenters. The second-order valence-electron chi connectivity index (χ2n) is 3.82. The lowest BCUT2D eigenvalue weighted by atomic mass is 10.1. The van der Waals surface area contributed by atoms with Crippen molar-refractivity contribution >= 4 is 0 Å². The molecule has 0 saturated heterocycles. The third-order valence-corrected chi connectivity index (χ3v) is 2.56. The monoisotopic (exact) mass is 229 g/mol. The number of rotatable bonds is 3. The molecule has 3 nitrogen and oxygen atoms in total. The summed E-state index contributed by atoms with van der Waals surface area (Å²) in [6, 6.07) is 10.2. The van der Waals surface area contributed by atoms with Gasteiger partial charge in [0, 0.05) is 12.4 Å². The summed E-state index contributed by atoms with van der Waals surface area (Å²) in [5, 5.41) is 17.9. The molecule has 0 bridgehead atoms. The van der Waals surface area contributed by atoms with Gasteiger partial charge in [-0.2, -0.15) is 0 Å². The van der Waals surface area contributed by atoms with E-state index in [4.69, 9.17) is 10.2 Å². The summed E-state index contributed by atoms with van der Waals surface area (Å²) in [4.78, 5) is 1.32. The molecule has 1 aromatic carbocycles. The molecule has 0 unspecified atom stereocenters. The number of benzene rings is 1. The van der Waals surface area contributed by atoms with Crippen LogP contribution < -0.4 is 0 Å². The van der Waals surface area contributed by atoms with E-state index in [-0.39, 0.29) is 0 Å². The number of hydrogen-bond donors (Lipinski definition) is 2. The van der Waals surface area contributed by atoms with Gasteiger partial charge in [-0.25, -0.2) is 0 Å². The van der Waals surface area contributed by atoms with Crippen molar-refractivity contribution in [2.45, 2.75) is 12.8 Å². The van der Waals surface area contributed by atoms with Crippen LogP contribution in [-0.4, -0.2) is 21.5 Å². The molecule has 0 spiro atoms. The van der Waals surface area contributed by atoms with Gasteiger partial charge >= 0.3 is 0 Å². The van der Waals surface area contributed by atoms with Gasteiger partial charge < -0.3 is 15.1 Å². The fraction of sp³-hybridized carbons (Fsp3) is 0.143. The van der Waals surface area contributed by atoms with Crippen molar-refractivity contribution in [2.75, 3.05) is 0 Å². The first-order valence-electron chi connectivity index (χ1n) is 5.50. The highest BCUT2D eigenvalue weighted by Crippen LogP contribution is 2.12. The highest BCUT2D eigenvalue weighted by Gasteiger charge is 2.06. The normalized spacial score (nSPS) is 14.5. The minimum Gasteiger partial charge on any atom is -0.351 e. The molecule has 0 fully saturated rings. The summed E-state index contributed by atoms with van der Waals surface area (Å²) >= 11 is 0. The Labute approximate surface area is 101 Å². The van der Waals surface area contributed by atoms with E-state index < -0.39 is 6.41 Å². The maximum atomic E-state index is 8.93. The molecule has 0 aliphatic carbocycles. The van der Waals surface area contributed by atoms with Gasteiger partial charge in [-0.05, 0) is 29.7 Å². The van der Waals surface area contributed by atoms with Crippen molar-refractivity contribution < 1.29 is 10.2 Å². The van der Waals surface area contributed by atoms with Crippen molar-refractivity contribution in [3.8, 4) is 0 Å². The zero-order valence-electron chi connectivity index (χ0n) is 9.40. The number of nitrogens with zero attached hydrogens (tertiary/aromatic N) is 1. The lowest BCUT2D eigenvalue weighted by molar-refractivity contribution is -0.117. The van der Waals surface area contributed by atoms with E-state index in [1.165, 1.54) is 10.5 Å². The predicted molar refractivity (Wildman–Crippen MR) is 66.6 cm³/mol. The Morgan fingerprint density at radius 2 is 1.71 bits per heavy atom. The smallest absolute Gasteiger partial charge is 0.238 e. The van der Waals surface area contributed by atoms with Gasteiger partial charge in [-0.3, -0.25) is 0 Å². The second-order valence-corrected chi connectivity index (χ2v) is 3.82. The van der Waals surface area contributed by atoms with E-state index in [9.17, 15) is 0 Å². The van der Waals surface area contributed by atoms with E-state index in [0.29, 0.717) is 0 Å². The summed E-state index contributed by atoms with van der Waals surface area (Å²) in [6.07, 6.45) is 8.47. The SMILES string of the molecule is OC(O)N1C=CC(=CCc2ccccc2)C=C1. The minimum atomic E-state index is -1.47. The molecule has 0 amide bonds. The Morgan fingerprint density at radius 3 is 2.29 bits per heavy atom. The van der Waals surface area contributed by atoms with E-state index in [0.717, 1.165) is 12.0 Å². The molecule has 1 aliphatic heterocycles. The average molecular weight is 229 g/mol. The quantitative estimate of drug-likeness (QED) is 0.776. The molecule has 1 aromatic rings. The van der Waals surface area contributed by atoms with Crippen LogP contribution in [0.2, 0.25) is 0 Å². The molecule has 2 N–H and O–H groups in total. The lowest BCUT2D eigenvalue weighted by Gasteiger charge is -2.20. The van der Waals surface area contributed by atoms with Gasteiger partial charge in [-0.1, -0.05) is 36.4 Å².